The molecule has 0 N–H and O–H groups in total. The summed E-state index contributed by atoms with van der Waals surface area (Å²) in [5.41, 5.74) is 1.66. The fourth-order valence-corrected chi connectivity index (χ4v) is 3.81. The molecule has 0 bridgehead atoms. The van der Waals surface area contributed by atoms with Crippen LogP contribution in [0.4, 0.5) is 0 Å². The number of aldehydes is 1. The topological polar surface area (TPSA) is 44.1 Å². The average molecular weight is 421 g/mol. The van der Waals surface area contributed by atoms with Crippen molar-refractivity contribution in [3.8, 4) is 0 Å². The molecule has 0 aromatic carbocycles. The summed E-state index contributed by atoms with van der Waals surface area (Å²) in [7, 11) is 0. The maximum atomic E-state index is 11.0. The third-order valence-corrected chi connectivity index (χ3v) is 5.74. The molecule has 0 saturated heterocycles. The molecule has 0 radical (unpaired) electrons. The van der Waals surface area contributed by atoms with Crippen LogP contribution in [0.1, 0.15) is 95.3 Å². The highest BCUT2D eigenvalue weighted by molar-refractivity contribution is 6.37. The molecule has 0 spiro atoms. The molecule has 0 amide bonds. The molecule has 2 heterocycles. The zero-order valence-electron chi connectivity index (χ0n) is 18.4. The minimum atomic E-state index is 0.419. The van der Waals surface area contributed by atoms with Crippen LogP contribution in [0.25, 0.3) is 11.0 Å². The highest BCUT2D eigenvalue weighted by Crippen LogP contribution is 2.25. The van der Waals surface area contributed by atoms with Crippen molar-refractivity contribution in [1.29, 1.82) is 0 Å². The van der Waals surface area contributed by atoms with E-state index in [1.807, 2.05) is 16.8 Å². The molecule has 162 valence electrons. The van der Waals surface area contributed by atoms with Crippen LogP contribution in [-0.4, -0.2) is 22.4 Å². The Morgan fingerprint density at radius 2 is 1.66 bits per heavy atom. The fourth-order valence-electron chi connectivity index (χ4n) is 3.57. The summed E-state index contributed by atoms with van der Waals surface area (Å²) < 4.78 is 7.72. The molecule has 0 fully saturated rings. The Balaban J connectivity index is 1.49. The lowest BCUT2D eigenvalue weighted by atomic mass is 9.89. The standard InChI is InChI=1S/C24H37ClN2O2/c1-24(2,3)14-11-9-7-5-4-6-8-10-12-16-29-19-27-15-13-21-22(25)20(18-28)17-26-23(21)27/h13,15,17-18H,4-12,14,16,19H2,1-3H3. The smallest absolute Gasteiger partial charge is 0.153 e. The van der Waals surface area contributed by atoms with Gasteiger partial charge in [0.05, 0.1) is 10.6 Å². The van der Waals surface area contributed by atoms with Gasteiger partial charge in [-0.05, 0) is 24.3 Å². The Bertz CT molecular complexity index is 749. The molecule has 2 aromatic rings. The van der Waals surface area contributed by atoms with Crippen molar-refractivity contribution in [2.75, 3.05) is 6.61 Å². The van der Waals surface area contributed by atoms with Gasteiger partial charge in [-0.1, -0.05) is 83.7 Å². The number of hydrogen-bond donors (Lipinski definition) is 0. The summed E-state index contributed by atoms with van der Waals surface area (Å²) in [4.78, 5) is 15.3. The molecule has 0 unspecified atom stereocenters. The first kappa shape index (κ1) is 23.9. The molecule has 5 heteroatoms. The number of pyridine rings is 1. The second-order valence-corrected chi connectivity index (χ2v) is 9.58. The molecule has 0 aliphatic heterocycles. The van der Waals surface area contributed by atoms with Gasteiger partial charge >= 0.3 is 0 Å². The minimum absolute atomic E-state index is 0.419. The third-order valence-electron chi connectivity index (χ3n) is 5.32. The van der Waals surface area contributed by atoms with Crippen LogP contribution < -0.4 is 0 Å². The van der Waals surface area contributed by atoms with E-state index in [9.17, 15) is 4.79 Å². The summed E-state index contributed by atoms with van der Waals surface area (Å²) in [6.07, 6.45) is 17.3. The second kappa shape index (κ2) is 12.3. The van der Waals surface area contributed by atoms with E-state index in [1.165, 1.54) is 64.0 Å². The molecule has 0 saturated carbocycles. The van der Waals surface area contributed by atoms with Gasteiger partial charge in [-0.2, -0.15) is 0 Å². The third kappa shape index (κ3) is 8.47. The molecule has 0 aliphatic carbocycles. The molecular formula is C24H37ClN2O2. The van der Waals surface area contributed by atoms with Crippen molar-refractivity contribution in [3.05, 3.63) is 29.0 Å². The lowest BCUT2D eigenvalue weighted by Gasteiger charge is -2.17. The normalized spacial score (nSPS) is 12.0. The Morgan fingerprint density at radius 3 is 2.28 bits per heavy atom. The van der Waals surface area contributed by atoms with Crippen LogP contribution >= 0.6 is 11.6 Å². The maximum absolute atomic E-state index is 11.0. The number of nitrogens with zero attached hydrogens (tertiary/aromatic N) is 2. The lowest BCUT2D eigenvalue weighted by Crippen LogP contribution is -2.04. The average Bonchev–Trinajstić information content (AvgIpc) is 3.09. The number of unbranched alkanes of at least 4 members (excludes halogenated alkanes) is 8. The van der Waals surface area contributed by atoms with E-state index in [1.54, 1.807) is 0 Å². The van der Waals surface area contributed by atoms with Crippen molar-refractivity contribution in [2.45, 2.75) is 91.7 Å². The maximum Gasteiger partial charge on any atom is 0.153 e. The van der Waals surface area contributed by atoms with Crippen LogP contribution in [-0.2, 0) is 11.5 Å². The quantitative estimate of drug-likeness (QED) is 0.236. The fraction of sp³-hybridized carbons (Fsp3) is 0.667. The number of fused-ring (bicyclic) bond motifs is 1. The van der Waals surface area contributed by atoms with E-state index < -0.39 is 0 Å². The molecule has 4 nitrogen and oxygen atoms in total. The molecule has 29 heavy (non-hydrogen) atoms. The van der Waals surface area contributed by atoms with Gasteiger partial charge in [0.25, 0.3) is 0 Å². The molecule has 0 atom stereocenters. The highest BCUT2D eigenvalue weighted by Gasteiger charge is 2.10. The summed E-state index contributed by atoms with van der Waals surface area (Å²) in [5, 5.41) is 1.25. The van der Waals surface area contributed by atoms with Gasteiger partial charge in [0.15, 0.2) is 6.29 Å². The predicted molar refractivity (Wildman–Crippen MR) is 122 cm³/mol. The number of rotatable bonds is 14. The van der Waals surface area contributed by atoms with Gasteiger partial charge < -0.3 is 9.30 Å². The van der Waals surface area contributed by atoms with Crippen molar-refractivity contribution < 1.29 is 9.53 Å². The molecule has 2 rings (SSSR count). The van der Waals surface area contributed by atoms with Gasteiger partial charge in [0.2, 0.25) is 0 Å². The Hall–Kier alpha value is -1.39. The van der Waals surface area contributed by atoms with Gasteiger partial charge in [-0.3, -0.25) is 4.79 Å². The number of ether oxygens (including phenoxy) is 1. The molecule has 0 aliphatic rings. The zero-order valence-corrected chi connectivity index (χ0v) is 19.1. The predicted octanol–water partition coefficient (Wildman–Crippen LogP) is 7.42. The van der Waals surface area contributed by atoms with Crippen LogP contribution in [0, 0.1) is 5.41 Å². The minimum Gasteiger partial charge on any atom is -0.361 e. The first-order valence-electron chi connectivity index (χ1n) is 11.1. The van der Waals surface area contributed by atoms with Crippen molar-refractivity contribution in [2.24, 2.45) is 5.41 Å². The highest BCUT2D eigenvalue weighted by atomic mass is 35.5. The first-order valence-corrected chi connectivity index (χ1v) is 11.5. The first-order chi connectivity index (χ1) is 13.9. The monoisotopic (exact) mass is 420 g/mol. The zero-order chi connectivity index (χ0) is 21.1. The number of aromatic nitrogens is 2. The number of hydrogen-bond acceptors (Lipinski definition) is 3. The van der Waals surface area contributed by atoms with E-state index in [4.69, 9.17) is 16.3 Å². The van der Waals surface area contributed by atoms with Crippen LogP contribution in [0.5, 0.6) is 0 Å². The largest absolute Gasteiger partial charge is 0.361 e. The summed E-state index contributed by atoms with van der Waals surface area (Å²) in [6, 6.07) is 1.88. The summed E-state index contributed by atoms with van der Waals surface area (Å²) in [5.74, 6) is 0. The van der Waals surface area contributed by atoms with E-state index >= 15 is 0 Å². The van der Waals surface area contributed by atoms with Crippen LogP contribution in [0.15, 0.2) is 18.5 Å². The molecule has 2 aromatic heterocycles. The van der Waals surface area contributed by atoms with E-state index in [2.05, 4.69) is 25.8 Å². The van der Waals surface area contributed by atoms with Gasteiger partial charge in [-0.15, -0.1) is 0 Å². The van der Waals surface area contributed by atoms with Gasteiger partial charge in [0, 0.05) is 24.4 Å². The SMILES string of the molecule is CC(C)(C)CCCCCCCCCCCOCn1ccc2c(Cl)c(C=O)cnc21. The van der Waals surface area contributed by atoms with Gasteiger partial charge in [-0.25, -0.2) is 4.98 Å². The van der Waals surface area contributed by atoms with E-state index in [0.29, 0.717) is 22.7 Å². The summed E-state index contributed by atoms with van der Waals surface area (Å²) >= 11 is 6.23. The Kier molecular flexibility index (Phi) is 10.2. The van der Waals surface area contributed by atoms with Gasteiger partial charge in [0.1, 0.15) is 12.4 Å². The Morgan fingerprint density at radius 1 is 1.03 bits per heavy atom. The van der Waals surface area contributed by atoms with Crippen LogP contribution in [0.3, 0.4) is 0 Å². The van der Waals surface area contributed by atoms with Crippen molar-refractivity contribution in [3.63, 3.8) is 0 Å². The van der Waals surface area contributed by atoms with Crippen LogP contribution in [0.2, 0.25) is 5.02 Å². The number of halogens is 1. The lowest BCUT2D eigenvalue weighted by molar-refractivity contribution is 0.0763. The number of carbonyl (C=O) groups excluding carboxylic acids is 1. The number of carbonyl (C=O) groups is 1. The van der Waals surface area contributed by atoms with E-state index in [0.717, 1.165) is 30.3 Å². The summed E-state index contributed by atoms with van der Waals surface area (Å²) in [6.45, 7) is 8.20. The van der Waals surface area contributed by atoms with Crippen molar-refractivity contribution >= 4 is 28.9 Å². The Labute approximate surface area is 181 Å². The van der Waals surface area contributed by atoms with E-state index in [-0.39, 0.29) is 0 Å². The molecular weight excluding hydrogens is 384 g/mol. The second-order valence-electron chi connectivity index (χ2n) is 9.20. The van der Waals surface area contributed by atoms with Crippen molar-refractivity contribution in [1.82, 2.24) is 9.55 Å².